The highest BCUT2D eigenvalue weighted by molar-refractivity contribution is 7.99. The van der Waals surface area contributed by atoms with Crippen molar-refractivity contribution in [3.05, 3.63) is 11.5 Å². The molecule has 1 saturated carbocycles. The standard InChI is InChI=1S/C12H22N4S/c1-2-17-8-7-10-11(13)16(14)12(15-10)9-5-3-4-6-9/h9H,2-8,13-14H2,1H3. The van der Waals surface area contributed by atoms with Crippen molar-refractivity contribution < 1.29 is 0 Å². The summed E-state index contributed by atoms with van der Waals surface area (Å²) in [6.07, 6.45) is 5.92. The molecule has 2 rings (SSSR count). The number of hydrogen-bond acceptors (Lipinski definition) is 4. The van der Waals surface area contributed by atoms with Crippen molar-refractivity contribution in [1.29, 1.82) is 0 Å². The van der Waals surface area contributed by atoms with Crippen molar-refractivity contribution in [2.24, 2.45) is 0 Å². The molecule has 17 heavy (non-hydrogen) atoms. The minimum atomic E-state index is 0.523. The van der Waals surface area contributed by atoms with Gasteiger partial charge in [-0.05, 0) is 24.3 Å². The first-order valence-electron chi connectivity index (χ1n) is 6.43. The van der Waals surface area contributed by atoms with Gasteiger partial charge in [-0.1, -0.05) is 19.8 Å². The molecule has 0 bridgehead atoms. The van der Waals surface area contributed by atoms with Crippen LogP contribution in [0.5, 0.6) is 0 Å². The number of nitrogens with zero attached hydrogens (tertiary/aromatic N) is 2. The summed E-state index contributed by atoms with van der Waals surface area (Å²) in [5, 5.41) is 0. The van der Waals surface area contributed by atoms with Gasteiger partial charge in [-0.25, -0.2) is 9.66 Å². The van der Waals surface area contributed by atoms with Crippen LogP contribution in [-0.2, 0) is 6.42 Å². The van der Waals surface area contributed by atoms with Crippen molar-refractivity contribution in [3.8, 4) is 0 Å². The fourth-order valence-electron chi connectivity index (χ4n) is 2.48. The van der Waals surface area contributed by atoms with Crippen molar-refractivity contribution >= 4 is 17.6 Å². The molecule has 0 aliphatic heterocycles. The zero-order chi connectivity index (χ0) is 12.3. The first-order valence-corrected chi connectivity index (χ1v) is 7.59. The Balaban J connectivity index is 2.09. The van der Waals surface area contributed by atoms with Crippen molar-refractivity contribution in [2.45, 2.75) is 44.9 Å². The molecule has 0 saturated heterocycles. The normalized spacial score (nSPS) is 16.8. The van der Waals surface area contributed by atoms with Crippen molar-refractivity contribution in [3.63, 3.8) is 0 Å². The average Bonchev–Trinajstić information content (AvgIpc) is 2.93. The predicted molar refractivity (Wildman–Crippen MR) is 74.7 cm³/mol. The topological polar surface area (TPSA) is 69.9 Å². The minimum absolute atomic E-state index is 0.523. The van der Waals surface area contributed by atoms with Gasteiger partial charge in [0.25, 0.3) is 0 Å². The van der Waals surface area contributed by atoms with Crippen LogP contribution in [0.25, 0.3) is 0 Å². The van der Waals surface area contributed by atoms with Gasteiger partial charge in [-0.3, -0.25) is 0 Å². The first-order chi connectivity index (χ1) is 8.24. The molecule has 0 radical (unpaired) electrons. The molecule has 0 spiro atoms. The number of aryl methyl sites for hydroxylation is 1. The molecule has 1 fully saturated rings. The van der Waals surface area contributed by atoms with E-state index in [1.54, 1.807) is 4.68 Å². The molecule has 0 aromatic carbocycles. The van der Waals surface area contributed by atoms with Gasteiger partial charge in [0.05, 0.1) is 5.69 Å². The minimum Gasteiger partial charge on any atom is -0.382 e. The molecule has 1 aliphatic carbocycles. The summed E-state index contributed by atoms with van der Waals surface area (Å²) in [6, 6.07) is 0. The Labute approximate surface area is 107 Å². The number of thioether (sulfide) groups is 1. The highest BCUT2D eigenvalue weighted by Crippen LogP contribution is 2.34. The largest absolute Gasteiger partial charge is 0.382 e. The Hall–Kier alpha value is -0.840. The third-order valence-corrected chi connectivity index (χ3v) is 4.36. The number of anilines is 1. The molecule has 5 heteroatoms. The lowest BCUT2D eigenvalue weighted by molar-refractivity contribution is 0.646. The molecule has 0 unspecified atom stereocenters. The maximum atomic E-state index is 6.02. The van der Waals surface area contributed by atoms with Crippen LogP contribution in [0.2, 0.25) is 0 Å². The van der Waals surface area contributed by atoms with Gasteiger partial charge in [0.15, 0.2) is 0 Å². The van der Waals surface area contributed by atoms with Crippen LogP contribution in [0.4, 0.5) is 5.82 Å². The summed E-state index contributed by atoms with van der Waals surface area (Å²) in [4.78, 5) is 4.66. The Kier molecular flexibility index (Phi) is 4.20. The summed E-state index contributed by atoms with van der Waals surface area (Å²) < 4.78 is 1.61. The Morgan fingerprint density at radius 3 is 2.76 bits per heavy atom. The van der Waals surface area contributed by atoms with E-state index in [4.69, 9.17) is 11.6 Å². The van der Waals surface area contributed by atoms with E-state index in [9.17, 15) is 0 Å². The van der Waals surface area contributed by atoms with Gasteiger partial charge >= 0.3 is 0 Å². The van der Waals surface area contributed by atoms with E-state index in [2.05, 4.69) is 11.9 Å². The Bertz CT molecular complexity index is 369. The molecule has 4 N–H and O–H groups in total. The number of nitrogens with two attached hydrogens (primary N) is 2. The smallest absolute Gasteiger partial charge is 0.146 e. The SMILES string of the molecule is CCSCCc1nc(C2CCCC2)n(N)c1N. The Morgan fingerprint density at radius 2 is 2.12 bits per heavy atom. The number of rotatable bonds is 5. The molecule has 1 aromatic heterocycles. The van der Waals surface area contributed by atoms with Gasteiger partial charge in [0.1, 0.15) is 11.6 Å². The Morgan fingerprint density at radius 1 is 1.41 bits per heavy atom. The van der Waals surface area contributed by atoms with Gasteiger partial charge in [0.2, 0.25) is 0 Å². The van der Waals surface area contributed by atoms with Crippen LogP contribution in [0.3, 0.4) is 0 Å². The quantitative estimate of drug-likeness (QED) is 0.624. The fraction of sp³-hybridized carbons (Fsp3) is 0.750. The number of hydrogen-bond donors (Lipinski definition) is 2. The monoisotopic (exact) mass is 254 g/mol. The molecule has 1 heterocycles. The summed E-state index contributed by atoms with van der Waals surface area (Å²) >= 11 is 1.91. The zero-order valence-electron chi connectivity index (χ0n) is 10.5. The lowest BCUT2D eigenvalue weighted by Gasteiger charge is -2.08. The summed E-state index contributed by atoms with van der Waals surface area (Å²) in [5.74, 6) is 10.4. The van der Waals surface area contributed by atoms with E-state index >= 15 is 0 Å². The van der Waals surface area contributed by atoms with E-state index in [0.717, 1.165) is 29.4 Å². The fourth-order valence-corrected chi connectivity index (χ4v) is 3.11. The molecule has 1 aromatic rings. The maximum absolute atomic E-state index is 6.02. The van der Waals surface area contributed by atoms with Gasteiger partial charge in [-0.2, -0.15) is 11.8 Å². The van der Waals surface area contributed by atoms with Crippen LogP contribution < -0.4 is 11.6 Å². The number of nitrogen functional groups attached to an aromatic ring is 2. The highest BCUT2D eigenvalue weighted by atomic mass is 32.2. The lowest BCUT2D eigenvalue weighted by atomic mass is 10.1. The number of aromatic nitrogens is 2. The maximum Gasteiger partial charge on any atom is 0.146 e. The van der Waals surface area contributed by atoms with Crippen molar-refractivity contribution in [2.75, 3.05) is 23.1 Å². The third kappa shape index (κ3) is 2.70. The molecule has 4 nitrogen and oxygen atoms in total. The van der Waals surface area contributed by atoms with Crippen LogP contribution >= 0.6 is 11.8 Å². The summed E-state index contributed by atoms with van der Waals surface area (Å²) in [5.41, 5.74) is 7.00. The lowest BCUT2D eigenvalue weighted by Crippen LogP contribution is -2.17. The average molecular weight is 254 g/mol. The van der Waals surface area contributed by atoms with Gasteiger partial charge < -0.3 is 11.6 Å². The van der Waals surface area contributed by atoms with Crippen molar-refractivity contribution in [1.82, 2.24) is 9.66 Å². The van der Waals surface area contributed by atoms with Crippen LogP contribution in [0, 0.1) is 0 Å². The summed E-state index contributed by atoms with van der Waals surface area (Å²) in [7, 11) is 0. The van der Waals surface area contributed by atoms with E-state index in [1.165, 1.54) is 25.7 Å². The van der Waals surface area contributed by atoms with Crippen LogP contribution in [-0.4, -0.2) is 21.2 Å². The van der Waals surface area contributed by atoms with Gasteiger partial charge in [0, 0.05) is 12.3 Å². The molecular weight excluding hydrogens is 232 g/mol. The molecule has 0 atom stereocenters. The van der Waals surface area contributed by atoms with E-state index in [1.807, 2.05) is 11.8 Å². The van der Waals surface area contributed by atoms with Crippen LogP contribution in [0.1, 0.15) is 50.0 Å². The predicted octanol–water partition coefficient (Wildman–Crippen LogP) is 2.13. The highest BCUT2D eigenvalue weighted by Gasteiger charge is 2.24. The molecule has 0 amide bonds. The zero-order valence-corrected chi connectivity index (χ0v) is 11.3. The molecule has 96 valence electrons. The van der Waals surface area contributed by atoms with E-state index < -0.39 is 0 Å². The second-order valence-electron chi connectivity index (χ2n) is 4.60. The van der Waals surface area contributed by atoms with E-state index in [-0.39, 0.29) is 0 Å². The van der Waals surface area contributed by atoms with Gasteiger partial charge in [-0.15, -0.1) is 0 Å². The third-order valence-electron chi connectivity index (χ3n) is 3.46. The second kappa shape index (κ2) is 5.67. The number of imidazole rings is 1. The van der Waals surface area contributed by atoms with Crippen LogP contribution in [0.15, 0.2) is 0 Å². The summed E-state index contributed by atoms with van der Waals surface area (Å²) in [6.45, 7) is 2.17. The molecular formula is C12H22N4S. The van der Waals surface area contributed by atoms with E-state index in [0.29, 0.717) is 11.7 Å². The second-order valence-corrected chi connectivity index (χ2v) is 5.99. The first kappa shape index (κ1) is 12.6. The molecule has 1 aliphatic rings.